The lowest BCUT2D eigenvalue weighted by Crippen LogP contribution is -2.13. The van der Waals surface area contributed by atoms with Crippen molar-refractivity contribution in [3.8, 4) is 23.6 Å². The maximum Gasteiger partial charge on any atom is 0.266 e. The summed E-state index contributed by atoms with van der Waals surface area (Å²) in [6.45, 7) is 2.65. The number of hydrogen-bond donors (Lipinski definition) is 1. The smallest absolute Gasteiger partial charge is 0.266 e. The van der Waals surface area contributed by atoms with Crippen molar-refractivity contribution in [3.63, 3.8) is 0 Å². The molecule has 4 rings (SSSR count). The SMILES string of the molecule is CCOc1cc(/C=C(\C#N)C(=O)Nc2sc3c(c2C#N)CCCC3)c(Br)cc1OCc1ccc(Br)cc1. The number of halogens is 2. The number of rotatable bonds is 8. The number of aryl methyl sites for hydroxylation is 1. The Labute approximate surface area is 236 Å². The average molecular weight is 641 g/mol. The fourth-order valence-electron chi connectivity index (χ4n) is 4.03. The first-order chi connectivity index (χ1) is 17.9. The van der Waals surface area contributed by atoms with Crippen LogP contribution in [0, 0.1) is 22.7 Å². The number of carbonyl (C=O) groups excluding carboxylic acids is 1. The summed E-state index contributed by atoms with van der Waals surface area (Å²) in [5, 5.41) is 22.7. The maximum absolute atomic E-state index is 13.0. The lowest BCUT2D eigenvalue weighted by molar-refractivity contribution is -0.112. The molecule has 1 aliphatic rings. The Hall–Kier alpha value is -3.11. The van der Waals surface area contributed by atoms with Gasteiger partial charge in [-0.2, -0.15) is 10.5 Å². The van der Waals surface area contributed by atoms with Crippen molar-refractivity contribution in [1.29, 1.82) is 10.5 Å². The molecule has 188 valence electrons. The fraction of sp³-hybridized carbons (Fsp3) is 0.250. The first kappa shape index (κ1) is 26.9. The number of thiophene rings is 1. The van der Waals surface area contributed by atoms with Gasteiger partial charge in [0.15, 0.2) is 11.5 Å². The van der Waals surface area contributed by atoms with Gasteiger partial charge in [0.25, 0.3) is 5.91 Å². The van der Waals surface area contributed by atoms with Gasteiger partial charge < -0.3 is 14.8 Å². The predicted molar refractivity (Wildman–Crippen MR) is 152 cm³/mol. The number of amides is 1. The standard InChI is InChI=1S/C28H23Br2N3O3S/c1-2-35-24-12-18(23(30)13-25(24)36-16-17-7-9-20(29)10-8-17)11-19(14-31)27(34)33-28-22(15-32)21-5-3-4-6-26(21)37-28/h7-13H,2-6,16H2,1H3,(H,33,34)/b19-11+. The number of ether oxygens (including phenoxy) is 2. The van der Waals surface area contributed by atoms with Crippen molar-refractivity contribution in [2.45, 2.75) is 39.2 Å². The highest BCUT2D eigenvalue weighted by molar-refractivity contribution is 9.10. The fourth-order valence-corrected chi connectivity index (χ4v) is 5.97. The second-order valence-corrected chi connectivity index (χ2v) is 11.2. The normalized spacial score (nSPS) is 12.7. The molecule has 0 saturated carbocycles. The van der Waals surface area contributed by atoms with E-state index in [2.05, 4.69) is 43.2 Å². The zero-order valence-corrected chi connectivity index (χ0v) is 24.1. The van der Waals surface area contributed by atoms with E-state index in [1.165, 1.54) is 17.4 Å². The molecule has 3 aromatic rings. The Bertz CT molecular complexity index is 1430. The number of anilines is 1. The molecule has 9 heteroatoms. The number of benzene rings is 2. The maximum atomic E-state index is 13.0. The van der Waals surface area contributed by atoms with E-state index in [9.17, 15) is 15.3 Å². The molecule has 37 heavy (non-hydrogen) atoms. The number of hydrogen-bond acceptors (Lipinski definition) is 6. The van der Waals surface area contributed by atoms with E-state index in [0.29, 0.717) is 45.3 Å². The number of nitrogens with one attached hydrogen (secondary N) is 1. The van der Waals surface area contributed by atoms with Gasteiger partial charge in [-0.25, -0.2) is 0 Å². The molecule has 0 spiro atoms. The van der Waals surface area contributed by atoms with Crippen molar-refractivity contribution in [1.82, 2.24) is 0 Å². The molecule has 0 atom stereocenters. The van der Waals surface area contributed by atoms with Crippen LogP contribution >= 0.6 is 43.2 Å². The monoisotopic (exact) mass is 639 g/mol. The molecule has 0 aliphatic heterocycles. The van der Waals surface area contributed by atoms with Crippen LogP contribution in [0.3, 0.4) is 0 Å². The molecule has 0 saturated heterocycles. The number of nitriles is 2. The summed E-state index contributed by atoms with van der Waals surface area (Å²) in [7, 11) is 0. The summed E-state index contributed by atoms with van der Waals surface area (Å²) in [4.78, 5) is 14.2. The van der Waals surface area contributed by atoms with Crippen LogP contribution in [0.5, 0.6) is 11.5 Å². The van der Waals surface area contributed by atoms with Crippen LogP contribution in [-0.2, 0) is 24.2 Å². The largest absolute Gasteiger partial charge is 0.490 e. The van der Waals surface area contributed by atoms with Gasteiger partial charge in [0, 0.05) is 13.8 Å². The first-order valence-electron chi connectivity index (χ1n) is 11.7. The van der Waals surface area contributed by atoms with Gasteiger partial charge in [0.2, 0.25) is 0 Å². The van der Waals surface area contributed by atoms with Gasteiger partial charge in [-0.1, -0.05) is 44.0 Å². The van der Waals surface area contributed by atoms with E-state index in [1.54, 1.807) is 12.1 Å². The molecule has 6 nitrogen and oxygen atoms in total. The predicted octanol–water partition coefficient (Wildman–Crippen LogP) is 7.55. The Morgan fingerprint density at radius 2 is 1.84 bits per heavy atom. The zero-order valence-electron chi connectivity index (χ0n) is 20.1. The molecule has 2 aromatic carbocycles. The second-order valence-electron chi connectivity index (χ2n) is 8.32. The highest BCUT2D eigenvalue weighted by Crippen LogP contribution is 2.38. The topological polar surface area (TPSA) is 95.1 Å². The first-order valence-corrected chi connectivity index (χ1v) is 14.1. The molecule has 0 bridgehead atoms. The van der Waals surface area contributed by atoms with Gasteiger partial charge in [-0.05, 0) is 79.6 Å². The van der Waals surface area contributed by atoms with Gasteiger partial charge in [0.1, 0.15) is 29.3 Å². The summed E-state index contributed by atoms with van der Waals surface area (Å²) in [6.07, 6.45) is 5.37. The third-order valence-electron chi connectivity index (χ3n) is 5.85. The zero-order chi connectivity index (χ0) is 26.4. The number of carbonyl (C=O) groups is 1. The highest BCUT2D eigenvalue weighted by Gasteiger charge is 2.23. The molecule has 0 radical (unpaired) electrons. The van der Waals surface area contributed by atoms with E-state index in [-0.39, 0.29) is 5.57 Å². The summed E-state index contributed by atoms with van der Waals surface area (Å²) in [5.41, 5.74) is 3.05. The van der Waals surface area contributed by atoms with Crippen LogP contribution in [0.4, 0.5) is 5.00 Å². The molecule has 1 aliphatic carbocycles. The molecule has 0 fully saturated rings. The highest BCUT2D eigenvalue weighted by atomic mass is 79.9. The Morgan fingerprint density at radius 1 is 1.11 bits per heavy atom. The minimum Gasteiger partial charge on any atom is -0.490 e. The summed E-state index contributed by atoms with van der Waals surface area (Å²) < 4.78 is 13.4. The van der Waals surface area contributed by atoms with Crippen molar-refractivity contribution in [2.75, 3.05) is 11.9 Å². The van der Waals surface area contributed by atoms with Gasteiger partial charge in [-0.3, -0.25) is 4.79 Å². The quantitative estimate of drug-likeness (QED) is 0.203. The second kappa shape index (κ2) is 12.4. The number of fused-ring (bicyclic) bond motifs is 1. The lowest BCUT2D eigenvalue weighted by Gasteiger charge is -2.14. The van der Waals surface area contributed by atoms with E-state index in [0.717, 1.165) is 46.2 Å². The van der Waals surface area contributed by atoms with Gasteiger partial charge in [0.05, 0.1) is 12.2 Å². The summed E-state index contributed by atoms with van der Waals surface area (Å²) in [5.74, 6) is 0.488. The van der Waals surface area contributed by atoms with Crippen LogP contribution in [0.1, 0.15) is 46.9 Å². The Balaban J connectivity index is 1.57. The van der Waals surface area contributed by atoms with Crippen molar-refractivity contribution in [3.05, 3.63) is 78.0 Å². The van der Waals surface area contributed by atoms with Crippen molar-refractivity contribution in [2.24, 2.45) is 0 Å². The lowest BCUT2D eigenvalue weighted by atomic mass is 9.96. The van der Waals surface area contributed by atoms with E-state index in [1.807, 2.05) is 37.3 Å². The molecule has 1 aromatic heterocycles. The molecule has 1 heterocycles. The van der Waals surface area contributed by atoms with Gasteiger partial charge in [-0.15, -0.1) is 11.3 Å². The van der Waals surface area contributed by atoms with Gasteiger partial charge >= 0.3 is 0 Å². The summed E-state index contributed by atoms with van der Waals surface area (Å²) >= 11 is 8.39. The third kappa shape index (κ3) is 6.42. The van der Waals surface area contributed by atoms with Crippen LogP contribution in [0.2, 0.25) is 0 Å². The van der Waals surface area contributed by atoms with Crippen molar-refractivity contribution >= 4 is 60.2 Å². The molecule has 1 amide bonds. The minimum absolute atomic E-state index is 0.0815. The molecule has 0 unspecified atom stereocenters. The van der Waals surface area contributed by atoms with Crippen LogP contribution in [-0.4, -0.2) is 12.5 Å². The molecular formula is C28H23Br2N3O3S. The summed E-state index contributed by atoms with van der Waals surface area (Å²) in [6, 6.07) is 15.6. The van der Waals surface area contributed by atoms with Crippen LogP contribution < -0.4 is 14.8 Å². The Kier molecular flexibility index (Phi) is 9.04. The number of nitrogens with zero attached hydrogens (tertiary/aromatic N) is 2. The van der Waals surface area contributed by atoms with Crippen LogP contribution in [0.25, 0.3) is 6.08 Å². The minimum atomic E-state index is -0.557. The van der Waals surface area contributed by atoms with Crippen LogP contribution in [0.15, 0.2) is 50.9 Å². The third-order valence-corrected chi connectivity index (χ3v) is 8.27. The Morgan fingerprint density at radius 3 is 2.54 bits per heavy atom. The van der Waals surface area contributed by atoms with E-state index < -0.39 is 5.91 Å². The molecular weight excluding hydrogens is 618 g/mol. The van der Waals surface area contributed by atoms with Crippen molar-refractivity contribution < 1.29 is 14.3 Å². The average Bonchev–Trinajstić information content (AvgIpc) is 3.25. The molecule has 1 N–H and O–H groups in total. The van der Waals surface area contributed by atoms with E-state index >= 15 is 0 Å². The van der Waals surface area contributed by atoms with E-state index in [4.69, 9.17) is 9.47 Å².